The first kappa shape index (κ1) is 39.2. The van der Waals surface area contributed by atoms with Gasteiger partial charge in [0.2, 0.25) is 0 Å². The van der Waals surface area contributed by atoms with E-state index in [0.29, 0.717) is 0 Å². The minimum Gasteiger partial charge on any atom is -0.0928 e. The van der Waals surface area contributed by atoms with Crippen LogP contribution >= 0.6 is 31.9 Å². The molecule has 0 radical (unpaired) electrons. The van der Waals surface area contributed by atoms with E-state index in [0.717, 1.165) is 17.1 Å². The quantitative estimate of drug-likeness (QED) is 0.180. The molecular weight excluding hydrogens is 628 g/mol. The van der Waals surface area contributed by atoms with Gasteiger partial charge in [-0.3, -0.25) is 0 Å². The highest BCUT2D eigenvalue weighted by atomic mass is 79.9. The van der Waals surface area contributed by atoms with Crippen molar-refractivity contribution in [3.05, 3.63) is 34.9 Å². The Kier molecular flexibility index (Phi) is 11.6. The third kappa shape index (κ3) is 7.36. The average Bonchev–Trinajstić information content (AvgIpc) is 2.76. The topological polar surface area (TPSA) is 0 Å². The van der Waals surface area contributed by atoms with Crippen LogP contribution in [0.2, 0.25) is 0 Å². The van der Waals surface area contributed by atoms with Crippen LogP contribution in [0.25, 0.3) is 0 Å². The second kappa shape index (κ2) is 12.2. The molecule has 240 valence electrons. The van der Waals surface area contributed by atoms with Crippen molar-refractivity contribution in [2.75, 3.05) is 10.7 Å². The molecule has 1 rings (SSSR count). The van der Waals surface area contributed by atoms with Crippen LogP contribution < -0.4 is 0 Å². The molecule has 0 heterocycles. The highest BCUT2D eigenvalue weighted by Gasteiger charge is 2.55. The van der Waals surface area contributed by atoms with Gasteiger partial charge in [-0.1, -0.05) is 182 Å². The average molecular weight is 699 g/mol. The van der Waals surface area contributed by atoms with E-state index in [1.54, 1.807) is 0 Å². The largest absolute Gasteiger partial charge is 0.0928 e. The molecule has 0 saturated carbocycles. The Hall–Kier alpha value is 0.180. The highest BCUT2D eigenvalue weighted by Crippen LogP contribution is 2.61. The Balaban J connectivity index is 3.91. The lowest BCUT2D eigenvalue weighted by Gasteiger charge is -2.59. The summed E-state index contributed by atoms with van der Waals surface area (Å²) in [6.45, 7) is 47.1. The SMILES string of the molecule is CC(C)(C)c1cc(C(C)(C)C(C)(C)CC(C)(C)C(C)(C)CCBr)cc(C(C)(C)C(C)(C)C(C)(C)C(C)(C)CCBr)c1. The monoisotopic (exact) mass is 696 g/mol. The lowest BCUT2D eigenvalue weighted by molar-refractivity contribution is -0.0647. The summed E-state index contributed by atoms with van der Waals surface area (Å²) in [5, 5.41) is 2.09. The van der Waals surface area contributed by atoms with E-state index in [9.17, 15) is 0 Å². The summed E-state index contributed by atoms with van der Waals surface area (Å²) in [5.74, 6) is 0. The zero-order chi connectivity index (χ0) is 32.9. The van der Waals surface area contributed by atoms with Crippen LogP contribution in [0.3, 0.4) is 0 Å². The highest BCUT2D eigenvalue weighted by molar-refractivity contribution is 9.09. The Morgan fingerprint density at radius 2 is 0.780 bits per heavy atom. The molecule has 0 bridgehead atoms. The molecule has 2 heteroatoms. The minimum absolute atomic E-state index is 0.00423. The maximum absolute atomic E-state index is 3.76. The van der Waals surface area contributed by atoms with Gasteiger partial charge in [0.15, 0.2) is 0 Å². The third-order valence-corrected chi connectivity index (χ3v) is 14.7. The number of hydrogen-bond donors (Lipinski definition) is 0. The van der Waals surface area contributed by atoms with Crippen LogP contribution in [-0.4, -0.2) is 10.7 Å². The molecule has 0 aliphatic heterocycles. The number of halogens is 2. The summed E-state index contributed by atoms with van der Waals surface area (Å²) >= 11 is 7.49. The van der Waals surface area contributed by atoms with Crippen LogP contribution in [0.1, 0.15) is 168 Å². The molecule has 0 aromatic heterocycles. The normalized spacial score (nSPS) is 15.4. The molecular formula is C39H70Br2. The van der Waals surface area contributed by atoms with Gasteiger partial charge < -0.3 is 0 Å². The molecule has 0 unspecified atom stereocenters. The van der Waals surface area contributed by atoms with Gasteiger partial charge in [-0.25, -0.2) is 0 Å². The number of hydrogen-bond acceptors (Lipinski definition) is 0. The fraction of sp³-hybridized carbons (Fsp3) is 0.846. The van der Waals surface area contributed by atoms with Gasteiger partial charge >= 0.3 is 0 Å². The van der Waals surface area contributed by atoms with Crippen molar-refractivity contribution in [3.8, 4) is 0 Å². The van der Waals surface area contributed by atoms with Gasteiger partial charge in [0.1, 0.15) is 0 Å². The van der Waals surface area contributed by atoms with Crippen molar-refractivity contribution in [1.29, 1.82) is 0 Å². The van der Waals surface area contributed by atoms with Gasteiger partial charge in [0, 0.05) is 10.7 Å². The van der Waals surface area contributed by atoms with Gasteiger partial charge in [-0.2, -0.15) is 0 Å². The molecule has 1 aromatic rings. The van der Waals surface area contributed by atoms with Crippen molar-refractivity contribution >= 4 is 31.9 Å². The van der Waals surface area contributed by atoms with E-state index in [4.69, 9.17) is 0 Å². The lowest BCUT2D eigenvalue weighted by Crippen LogP contribution is -2.53. The van der Waals surface area contributed by atoms with Crippen molar-refractivity contribution in [3.63, 3.8) is 0 Å². The molecule has 0 N–H and O–H groups in total. The van der Waals surface area contributed by atoms with Crippen LogP contribution in [0.5, 0.6) is 0 Å². The smallest absolute Gasteiger partial charge is 0.00365 e. The summed E-state index contributed by atoms with van der Waals surface area (Å²) < 4.78 is 0. The molecule has 0 saturated heterocycles. The number of benzene rings is 1. The van der Waals surface area contributed by atoms with Gasteiger partial charge in [0.25, 0.3) is 0 Å². The third-order valence-electron chi connectivity index (χ3n) is 13.9. The molecule has 1 aromatic carbocycles. The number of rotatable bonds is 13. The molecule has 0 amide bonds. The summed E-state index contributed by atoms with van der Waals surface area (Å²) in [4.78, 5) is 0. The molecule has 41 heavy (non-hydrogen) atoms. The second-order valence-corrected chi connectivity index (χ2v) is 20.7. The molecule has 0 nitrogen and oxygen atoms in total. The fourth-order valence-corrected chi connectivity index (χ4v) is 8.83. The van der Waals surface area contributed by atoms with E-state index >= 15 is 0 Å². The van der Waals surface area contributed by atoms with Crippen molar-refractivity contribution in [2.24, 2.45) is 32.5 Å². The molecule has 0 aliphatic carbocycles. The van der Waals surface area contributed by atoms with E-state index in [1.165, 1.54) is 29.5 Å². The van der Waals surface area contributed by atoms with Crippen LogP contribution in [0, 0.1) is 32.5 Å². The maximum atomic E-state index is 3.76. The zero-order valence-corrected chi connectivity index (χ0v) is 34.2. The summed E-state index contributed by atoms with van der Waals surface area (Å²) in [5.41, 5.74) is 5.36. The molecule has 0 atom stereocenters. The Labute approximate surface area is 275 Å². The van der Waals surface area contributed by atoms with Gasteiger partial charge in [-0.15, -0.1) is 0 Å². The molecule has 0 spiro atoms. The lowest BCUT2D eigenvalue weighted by atomic mass is 9.45. The Morgan fingerprint density at radius 1 is 0.415 bits per heavy atom. The minimum atomic E-state index is -0.0343. The van der Waals surface area contributed by atoms with Crippen LogP contribution in [0.15, 0.2) is 18.2 Å². The summed E-state index contributed by atoms with van der Waals surface area (Å²) in [6.07, 6.45) is 3.52. The van der Waals surface area contributed by atoms with E-state index in [-0.39, 0.29) is 48.7 Å². The maximum Gasteiger partial charge on any atom is 0.00365 e. The van der Waals surface area contributed by atoms with E-state index in [2.05, 4.69) is 182 Å². The van der Waals surface area contributed by atoms with Crippen molar-refractivity contribution in [2.45, 2.75) is 167 Å². The van der Waals surface area contributed by atoms with E-state index in [1.807, 2.05) is 0 Å². The van der Waals surface area contributed by atoms with Crippen molar-refractivity contribution < 1.29 is 0 Å². The first-order valence-corrected chi connectivity index (χ1v) is 18.4. The molecule has 0 fully saturated rings. The van der Waals surface area contributed by atoms with E-state index < -0.39 is 0 Å². The zero-order valence-electron chi connectivity index (χ0n) is 31.0. The summed E-state index contributed by atoms with van der Waals surface area (Å²) in [6, 6.07) is 7.69. The van der Waals surface area contributed by atoms with Crippen LogP contribution in [0.4, 0.5) is 0 Å². The second-order valence-electron chi connectivity index (χ2n) is 19.1. The Morgan fingerprint density at radius 3 is 1.17 bits per heavy atom. The first-order valence-electron chi connectivity index (χ1n) is 16.2. The Bertz CT molecular complexity index is 1020. The van der Waals surface area contributed by atoms with Crippen LogP contribution in [-0.2, 0) is 16.2 Å². The molecule has 0 aliphatic rings. The fourth-order valence-electron chi connectivity index (χ4n) is 6.85. The summed E-state index contributed by atoms with van der Waals surface area (Å²) in [7, 11) is 0. The standard InChI is InChI=1S/C39H70Br2/c1-31(2,3)28-24-29(36(12,13)35(10,11)27-34(8,9)32(4,5)20-22-40)26-30(25-28)37(14,15)39(18,19)38(16,17)33(6,7)21-23-41/h24-26H,20-23,27H2,1-19H3. The first-order chi connectivity index (χ1) is 17.9. The predicted octanol–water partition coefficient (Wildman–Crippen LogP) is 13.7. The predicted molar refractivity (Wildman–Crippen MR) is 195 cm³/mol. The van der Waals surface area contributed by atoms with Gasteiger partial charge in [-0.05, 0) is 84.7 Å². The number of alkyl halides is 2. The van der Waals surface area contributed by atoms with Crippen molar-refractivity contribution in [1.82, 2.24) is 0 Å². The van der Waals surface area contributed by atoms with Gasteiger partial charge in [0.05, 0.1) is 0 Å².